The first-order chi connectivity index (χ1) is 12.5. The smallest absolute Gasteiger partial charge is 0.344 e. The van der Waals surface area contributed by atoms with Crippen molar-refractivity contribution in [3.63, 3.8) is 0 Å². The number of ether oxygens (including phenoxy) is 2. The first-order valence-electron chi connectivity index (χ1n) is 8.38. The maximum absolute atomic E-state index is 12.0. The Morgan fingerprint density at radius 2 is 2.04 bits per heavy atom. The molecule has 1 aromatic heterocycles. The Balaban J connectivity index is 1.46. The average Bonchev–Trinajstić information content (AvgIpc) is 3.09. The molecule has 1 atom stereocenters. The summed E-state index contributed by atoms with van der Waals surface area (Å²) in [5.74, 6) is -0.135. The second-order valence-corrected chi connectivity index (χ2v) is 6.49. The van der Waals surface area contributed by atoms with Crippen LogP contribution in [0.1, 0.15) is 24.5 Å². The Hall–Kier alpha value is -2.60. The number of esters is 1. The minimum atomic E-state index is -0.969. The van der Waals surface area contributed by atoms with Crippen molar-refractivity contribution in [1.82, 2.24) is 4.98 Å². The van der Waals surface area contributed by atoms with Crippen molar-refractivity contribution in [1.29, 1.82) is 0 Å². The van der Waals surface area contributed by atoms with E-state index in [0.717, 1.165) is 19.3 Å². The van der Waals surface area contributed by atoms with E-state index in [2.05, 4.69) is 10.3 Å². The molecule has 1 amide bonds. The SMILES string of the molecule is C[C@@H](OC(=O)COc1ccc2c(c1)CCC2)C(=O)Nc1ccc(Cl)cn1. The van der Waals surface area contributed by atoms with Gasteiger partial charge in [0.15, 0.2) is 12.7 Å². The second kappa shape index (κ2) is 8.19. The van der Waals surface area contributed by atoms with E-state index in [1.54, 1.807) is 12.1 Å². The average molecular weight is 375 g/mol. The number of carbonyl (C=O) groups is 2. The molecule has 0 spiro atoms. The normalized spacial score (nSPS) is 13.6. The number of carbonyl (C=O) groups excluding carboxylic acids is 2. The fourth-order valence-electron chi connectivity index (χ4n) is 2.74. The summed E-state index contributed by atoms with van der Waals surface area (Å²) in [6.45, 7) is 1.23. The largest absolute Gasteiger partial charge is 0.482 e. The molecular formula is C19H19ClN2O4. The number of halogens is 1. The third-order valence-corrected chi connectivity index (χ3v) is 4.31. The van der Waals surface area contributed by atoms with E-state index in [-0.39, 0.29) is 6.61 Å². The number of hydrogen-bond acceptors (Lipinski definition) is 5. The van der Waals surface area contributed by atoms with E-state index < -0.39 is 18.0 Å². The van der Waals surface area contributed by atoms with Crippen LogP contribution in [0, 0.1) is 0 Å². The molecule has 0 aliphatic heterocycles. The van der Waals surface area contributed by atoms with Gasteiger partial charge in [-0.2, -0.15) is 0 Å². The Labute approximate surface area is 156 Å². The lowest BCUT2D eigenvalue weighted by atomic mass is 10.1. The number of nitrogens with one attached hydrogen (secondary N) is 1. The van der Waals surface area contributed by atoms with Gasteiger partial charge in [0.05, 0.1) is 5.02 Å². The number of amides is 1. The Morgan fingerprint density at radius 3 is 2.81 bits per heavy atom. The van der Waals surface area contributed by atoms with Gasteiger partial charge in [0.2, 0.25) is 0 Å². The van der Waals surface area contributed by atoms with E-state index in [1.807, 2.05) is 18.2 Å². The van der Waals surface area contributed by atoms with E-state index in [1.165, 1.54) is 24.2 Å². The zero-order chi connectivity index (χ0) is 18.5. The van der Waals surface area contributed by atoms with Crippen LogP contribution < -0.4 is 10.1 Å². The number of nitrogens with zero attached hydrogens (tertiary/aromatic N) is 1. The zero-order valence-electron chi connectivity index (χ0n) is 14.3. The predicted molar refractivity (Wildman–Crippen MR) is 97.4 cm³/mol. The van der Waals surface area contributed by atoms with Gasteiger partial charge in [0.1, 0.15) is 11.6 Å². The summed E-state index contributed by atoms with van der Waals surface area (Å²) in [4.78, 5) is 27.9. The van der Waals surface area contributed by atoms with Crippen LogP contribution in [-0.2, 0) is 27.2 Å². The van der Waals surface area contributed by atoms with Crippen molar-refractivity contribution in [2.24, 2.45) is 0 Å². The minimum Gasteiger partial charge on any atom is -0.482 e. The van der Waals surface area contributed by atoms with Crippen LogP contribution in [0.15, 0.2) is 36.5 Å². The molecule has 136 valence electrons. The molecule has 0 unspecified atom stereocenters. The molecule has 2 aromatic rings. The number of aryl methyl sites for hydroxylation is 2. The third-order valence-electron chi connectivity index (χ3n) is 4.08. The van der Waals surface area contributed by atoms with Gasteiger partial charge in [-0.15, -0.1) is 0 Å². The van der Waals surface area contributed by atoms with Crippen LogP contribution >= 0.6 is 11.6 Å². The third kappa shape index (κ3) is 4.73. The van der Waals surface area contributed by atoms with Gasteiger partial charge in [0.25, 0.3) is 5.91 Å². The molecule has 7 heteroatoms. The molecule has 1 aliphatic rings. The van der Waals surface area contributed by atoms with Crippen LogP contribution in [0.5, 0.6) is 5.75 Å². The van der Waals surface area contributed by atoms with E-state index in [9.17, 15) is 9.59 Å². The summed E-state index contributed by atoms with van der Waals surface area (Å²) >= 11 is 5.74. The number of rotatable bonds is 6. The predicted octanol–water partition coefficient (Wildman–Crippen LogP) is 3.17. The molecule has 1 N–H and O–H groups in total. The molecule has 1 aromatic carbocycles. The fraction of sp³-hybridized carbons (Fsp3) is 0.316. The fourth-order valence-corrected chi connectivity index (χ4v) is 2.85. The Bertz CT molecular complexity index is 808. The molecule has 6 nitrogen and oxygen atoms in total. The summed E-state index contributed by atoms with van der Waals surface area (Å²) in [7, 11) is 0. The van der Waals surface area contributed by atoms with E-state index >= 15 is 0 Å². The summed E-state index contributed by atoms with van der Waals surface area (Å²) < 4.78 is 10.6. The lowest BCUT2D eigenvalue weighted by Crippen LogP contribution is -2.31. The molecule has 0 saturated heterocycles. The number of aromatic nitrogens is 1. The van der Waals surface area contributed by atoms with Crippen LogP contribution in [-0.4, -0.2) is 29.6 Å². The van der Waals surface area contributed by atoms with Crippen molar-refractivity contribution < 1.29 is 19.1 Å². The van der Waals surface area contributed by atoms with Crippen molar-refractivity contribution in [3.8, 4) is 5.75 Å². The highest BCUT2D eigenvalue weighted by Gasteiger charge is 2.19. The maximum atomic E-state index is 12.0. The summed E-state index contributed by atoms with van der Waals surface area (Å²) in [5, 5.41) is 3.01. The molecule has 3 rings (SSSR count). The number of hydrogen-bond donors (Lipinski definition) is 1. The molecule has 0 bridgehead atoms. The number of fused-ring (bicyclic) bond motifs is 1. The zero-order valence-corrected chi connectivity index (χ0v) is 15.1. The van der Waals surface area contributed by atoms with Crippen molar-refractivity contribution in [2.75, 3.05) is 11.9 Å². The van der Waals surface area contributed by atoms with Crippen molar-refractivity contribution in [2.45, 2.75) is 32.3 Å². The highest BCUT2D eigenvalue weighted by atomic mass is 35.5. The van der Waals surface area contributed by atoms with Crippen LogP contribution in [0.4, 0.5) is 5.82 Å². The van der Waals surface area contributed by atoms with Gasteiger partial charge in [0, 0.05) is 6.20 Å². The number of pyridine rings is 1. The Morgan fingerprint density at radius 1 is 1.23 bits per heavy atom. The first-order valence-corrected chi connectivity index (χ1v) is 8.75. The quantitative estimate of drug-likeness (QED) is 0.786. The summed E-state index contributed by atoms with van der Waals surface area (Å²) in [5.41, 5.74) is 2.60. The highest BCUT2D eigenvalue weighted by molar-refractivity contribution is 6.30. The monoisotopic (exact) mass is 374 g/mol. The van der Waals surface area contributed by atoms with E-state index in [4.69, 9.17) is 21.1 Å². The molecule has 26 heavy (non-hydrogen) atoms. The van der Waals surface area contributed by atoms with Crippen LogP contribution in [0.25, 0.3) is 0 Å². The maximum Gasteiger partial charge on any atom is 0.344 e. The number of anilines is 1. The van der Waals surface area contributed by atoms with Crippen LogP contribution in [0.2, 0.25) is 5.02 Å². The van der Waals surface area contributed by atoms with Gasteiger partial charge in [-0.25, -0.2) is 9.78 Å². The van der Waals surface area contributed by atoms with Gasteiger partial charge in [-0.1, -0.05) is 17.7 Å². The highest BCUT2D eigenvalue weighted by Crippen LogP contribution is 2.26. The molecule has 1 aliphatic carbocycles. The lowest BCUT2D eigenvalue weighted by molar-refractivity contribution is -0.155. The van der Waals surface area contributed by atoms with Crippen LogP contribution in [0.3, 0.4) is 0 Å². The van der Waals surface area contributed by atoms with Crippen molar-refractivity contribution in [3.05, 3.63) is 52.7 Å². The van der Waals surface area contributed by atoms with Crippen molar-refractivity contribution >= 4 is 29.3 Å². The molecule has 0 saturated carbocycles. The standard InChI is InChI=1S/C19H19ClN2O4/c1-12(19(24)22-17-8-6-15(20)10-21-17)26-18(23)11-25-16-7-5-13-3-2-4-14(13)9-16/h5-10,12H,2-4,11H2,1H3,(H,21,22,24)/t12-/m1/s1. The molecule has 0 radical (unpaired) electrons. The van der Waals surface area contributed by atoms with E-state index in [0.29, 0.717) is 16.6 Å². The number of benzene rings is 1. The van der Waals surface area contributed by atoms with Gasteiger partial charge < -0.3 is 14.8 Å². The lowest BCUT2D eigenvalue weighted by Gasteiger charge is -2.14. The van der Waals surface area contributed by atoms with Gasteiger partial charge >= 0.3 is 5.97 Å². The second-order valence-electron chi connectivity index (χ2n) is 6.06. The Kier molecular flexibility index (Phi) is 5.73. The topological polar surface area (TPSA) is 77.5 Å². The molecule has 0 fully saturated rings. The molecule has 1 heterocycles. The van der Waals surface area contributed by atoms with Gasteiger partial charge in [-0.05, 0) is 61.6 Å². The molecular weight excluding hydrogens is 356 g/mol. The van der Waals surface area contributed by atoms with Gasteiger partial charge in [-0.3, -0.25) is 4.79 Å². The summed E-state index contributed by atoms with van der Waals surface area (Å²) in [6.07, 6.45) is 3.72. The minimum absolute atomic E-state index is 0.254. The first kappa shape index (κ1) is 18.2. The summed E-state index contributed by atoms with van der Waals surface area (Å²) in [6, 6.07) is 8.99.